The van der Waals surface area contributed by atoms with Gasteiger partial charge in [-0.05, 0) is 11.8 Å². The minimum absolute atomic E-state index is 0.00549. The van der Waals surface area contributed by atoms with E-state index in [1.807, 2.05) is 0 Å². The topological polar surface area (TPSA) is 278 Å². The van der Waals surface area contributed by atoms with Crippen molar-refractivity contribution in [2.45, 2.75) is 47.5 Å². The van der Waals surface area contributed by atoms with E-state index in [9.17, 15) is 19.9 Å². The van der Waals surface area contributed by atoms with Crippen molar-refractivity contribution in [2.75, 3.05) is 24.7 Å². The molecule has 0 bridgehead atoms. The summed E-state index contributed by atoms with van der Waals surface area (Å²) in [6.45, 7) is -5.53. The maximum atomic E-state index is 15.4. The number of nitrogen functional groups attached to an aromatic ring is 2. The lowest BCUT2D eigenvalue weighted by atomic mass is 10.1. The van der Waals surface area contributed by atoms with E-state index < -0.39 is 73.0 Å². The first-order valence-electron chi connectivity index (χ1n) is 12.4. The average Bonchev–Trinajstić information content (AvgIpc) is 3.74. The predicted molar refractivity (Wildman–Crippen MR) is 161 cm³/mol. The van der Waals surface area contributed by atoms with Gasteiger partial charge in [0.1, 0.15) is 36.2 Å². The molecule has 0 aromatic carbocycles. The molecule has 19 nitrogen and oxygen atoms in total. The second-order valence-electron chi connectivity index (χ2n) is 9.35. The molecule has 26 heteroatoms. The molecule has 0 aliphatic carbocycles. The largest absolute Gasteiger partial charge is 0.395 e. The van der Waals surface area contributed by atoms with Crippen molar-refractivity contribution >= 4 is 84.3 Å². The van der Waals surface area contributed by atoms with Gasteiger partial charge in [0.2, 0.25) is 13.6 Å². The number of nitrogens with zero attached hydrogens (tertiary/aromatic N) is 8. The third-order valence-corrected chi connectivity index (χ3v) is 9.74. The first-order chi connectivity index (χ1) is 21.4. The Hall–Kier alpha value is -2.50. The highest BCUT2D eigenvalue weighted by molar-refractivity contribution is 8.33. The van der Waals surface area contributed by atoms with E-state index >= 15 is 8.78 Å². The highest BCUT2D eigenvalue weighted by Crippen LogP contribution is 2.54. The molecule has 1 unspecified atom stereocenters. The van der Waals surface area contributed by atoms with Crippen molar-refractivity contribution in [3.05, 3.63) is 23.0 Å². The normalized spacial score (nSPS) is 29.6. The van der Waals surface area contributed by atoms with Gasteiger partial charge in [-0.25, -0.2) is 23.7 Å². The molecular formula is C19H23F2N11O8P2S3. The van der Waals surface area contributed by atoms with Gasteiger partial charge in [-0.1, -0.05) is 17.5 Å². The maximum Gasteiger partial charge on any atom is 0.325 e. The minimum Gasteiger partial charge on any atom is -0.395 e. The molecule has 0 amide bonds. The first kappa shape index (κ1) is 33.9. The van der Waals surface area contributed by atoms with Crippen LogP contribution in [0.2, 0.25) is 0 Å². The van der Waals surface area contributed by atoms with E-state index in [1.165, 1.54) is 10.9 Å². The number of imidazole rings is 1. The van der Waals surface area contributed by atoms with E-state index in [0.29, 0.717) is 0 Å². The van der Waals surface area contributed by atoms with Crippen LogP contribution in [0.15, 0.2) is 17.4 Å². The molecule has 6 rings (SSSR count). The lowest BCUT2D eigenvalue weighted by molar-refractivity contribution is -0.0511. The van der Waals surface area contributed by atoms with Crippen LogP contribution in [-0.4, -0.2) is 109 Å². The van der Waals surface area contributed by atoms with Crippen LogP contribution < -0.4 is 17.0 Å². The number of ether oxygens (including phenoxy) is 1. The molecular weight excluding hydrogens is 706 g/mol. The van der Waals surface area contributed by atoms with Crippen molar-refractivity contribution < 1.29 is 42.2 Å². The van der Waals surface area contributed by atoms with E-state index in [1.54, 1.807) is 0 Å². The van der Waals surface area contributed by atoms with E-state index in [2.05, 4.69) is 47.5 Å². The van der Waals surface area contributed by atoms with Gasteiger partial charge in [0.05, 0.1) is 24.8 Å². The van der Waals surface area contributed by atoms with E-state index in [0.717, 1.165) is 22.8 Å². The number of fused-ring (bicyclic) bond motifs is 2. The third-order valence-electron chi connectivity index (χ3n) is 6.65. The number of aromatic nitrogens is 9. The second kappa shape index (κ2) is 13.7. The summed E-state index contributed by atoms with van der Waals surface area (Å²) in [5.41, 5.74) is 10.8. The van der Waals surface area contributed by atoms with Gasteiger partial charge in [-0.2, -0.15) is 9.67 Å². The third kappa shape index (κ3) is 6.67. The number of thioether (sulfide) groups is 1. The fourth-order valence-corrected chi connectivity index (χ4v) is 7.54. The fraction of sp³-hybridized carbons (Fsp3) is 0.526. The summed E-state index contributed by atoms with van der Waals surface area (Å²) >= 11 is 9.23. The summed E-state index contributed by atoms with van der Waals surface area (Å²) in [6.07, 6.45) is -7.65. The zero-order valence-corrected chi connectivity index (χ0v) is 26.5. The highest BCUT2D eigenvalue weighted by Gasteiger charge is 2.50. The molecule has 2 fully saturated rings. The molecule has 0 spiro atoms. The number of H-pyrrole nitrogens is 1. The van der Waals surface area contributed by atoms with E-state index in [-0.39, 0.29) is 41.8 Å². The van der Waals surface area contributed by atoms with Crippen molar-refractivity contribution in [3.8, 4) is 0 Å². The zero-order chi connectivity index (χ0) is 32.6. The van der Waals surface area contributed by atoms with Gasteiger partial charge in [0, 0.05) is 0 Å². The van der Waals surface area contributed by atoms with Gasteiger partial charge in [-0.3, -0.25) is 23.4 Å². The van der Waals surface area contributed by atoms with Crippen LogP contribution in [0, 0.1) is 0 Å². The van der Waals surface area contributed by atoms with Gasteiger partial charge in [0.25, 0.3) is 5.56 Å². The standard InChI is InChI=1S/C19H22F2N11O7PS2.HOPS/c20-7-6(1-33)42-18(31-4-26-10-15(31)27-19(23)28-16(10)35)12(7)39-40(36,41)37-2-5-11(34)8(21)17(38-5)32-14-9(29-30-32)13(22)24-3-25-14;1-2-3/h3-8,11-12,17-18,33-34H,1-2H2,(H,36,41)(H2,22,24,25)(H3,23,27,28,35);(H,1,3)/t5-,6-,7-,8+,11-,12-,17-,18-,40?;/m1./s1. The first-order valence-corrected chi connectivity index (χ1v) is 17.9. The second-order valence-corrected chi connectivity index (χ2v) is 14.2. The molecule has 2 aliphatic heterocycles. The monoisotopic (exact) mass is 729 g/mol. The number of thiol groups is 1. The number of nitrogens with two attached hydrogens (primary N) is 2. The van der Waals surface area contributed by atoms with Crippen LogP contribution in [0.3, 0.4) is 0 Å². The maximum absolute atomic E-state index is 15.4. The molecule has 0 radical (unpaired) electrons. The molecule has 9 atom stereocenters. The summed E-state index contributed by atoms with van der Waals surface area (Å²) in [4.78, 5) is 41.2. The highest BCUT2D eigenvalue weighted by atomic mass is 32.7. The molecule has 6 heterocycles. The molecule has 45 heavy (non-hydrogen) atoms. The van der Waals surface area contributed by atoms with Gasteiger partial charge >= 0.3 is 6.72 Å². The van der Waals surface area contributed by atoms with Gasteiger partial charge in [-0.15, -0.1) is 16.9 Å². The number of anilines is 2. The summed E-state index contributed by atoms with van der Waals surface area (Å²) < 4.78 is 58.0. The Morgan fingerprint density at radius 3 is 2.69 bits per heavy atom. The number of aromatic amines is 1. The average molecular weight is 730 g/mol. The molecule has 2 aliphatic rings. The fourth-order valence-electron chi connectivity index (χ4n) is 4.65. The molecule has 244 valence electrons. The Bertz CT molecular complexity index is 1810. The van der Waals surface area contributed by atoms with Crippen LogP contribution in [0.4, 0.5) is 20.5 Å². The summed E-state index contributed by atoms with van der Waals surface area (Å²) in [5.74, 6) is -0.207. The quantitative estimate of drug-likeness (QED) is 0.0913. The molecule has 2 saturated heterocycles. The number of nitrogens with one attached hydrogen (secondary N) is 1. The number of hydrogen-bond acceptors (Lipinski definition) is 17. The molecule has 4 aromatic rings. The molecule has 0 saturated carbocycles. The predicted octanol–water partition coefficient (Wildman–Crippen LogP) is -0.199. The van der Waals surface area contributed by atoms with Crippen molar-refractivity contribution in [3.63, 3.8) is 0 Å². The number of alkyl halides is 2. The van der Waals surface area contributed by atoms with Crippen molar-refractivity contribution in [1.29, 1.82) is 0 Å². The van der Waals surface area contributed by atoms with Gasteiger partial charge in [0.15, 0.2) is 40.5 Å². The number of rotatable bonds is 8. The Morgan fingerprint density at radius 2 is 1.98 bits per heavy atom. The number of aliphatic hydroxyl groups is 2. The summed E-state index contributed by atoms with van der Waals surface area (Å²) in [5, 5.41) is 25.8. The number of aliphatic hydroxyl groups excluding tert-OH is 2. The molecule has 8 N–H and O–H groups in total. The number of hydrogen-bond donors (Lipinski definition) is 7. The van der Waals surface area contributed by atoms with Crippen molar-refractivity contribution in [1.82, 2.24) is 44.5 Å². The Morgan fingerprint density at radius 1 is 1.24 bits per heavy atom. The van der Waals surface area contributed by atoms with Crippen molar-refractivity contribution in [2.24, 2.45) is 0 Å². The SMILES string of the molecule is Nc1nc2c(ncn2[C@@H]2S[C@H](CO)[C@@H](F)[C@H]2OP(O)(=S)OC[C@H]2O[C@@H](n3nnc4c(N)ncnc43)[C@@H](F)[C@@H]2O)c(=O)[nH]1.O=PS. The Balaban J connectivity index is 0.00000128. The zero-order valence-electron chi connectivity index (χ0n) is 22.2. The van der Waals surface area contributed by atoms with Gasteiger partial charge < -0.3 is 35.8 Å². The van der Waals surface area contributed by atoms with Crippen LogP contribution >= 0.6 is 38.4 Å². The lowest BCUT2D eigenvalue weighted by Crippen LogP contribution is -2.33. The van der Waals surface area contributed by atoms with Crippen LogP contribution in [0.5, 0.6) is 0 Å². The van der Waals surface area contributed by atoms with Crippen LogP contribution in [0.25, 0.3) is 22.3 Å². The Kier molecular flexibility index (Phi) is 10.3. The van der Waals surface area contributed by atoms with Crippen LogP contribution in [-0.2, 0) is 30.2 Å². The Labute approximate surface area is 265 Å². The minimum atomic E-state index is -4.29. The smallest absolute Gasteiger partial charge is 0.325 e. The van der Waals surface area contributed by atoms with Crippen LogP contribution in [0.1, 0.15) is 11.6 Å². The number of halogens is 2. The molecule has 4 aromatic heterocycles. The van der Waals surface area contributed by atoms with E-state index in [4.69, 9.17) is 41.6 Å². The lowest BCUT2D eigenvalue weighted by Gasteiger charge is -2.27. The summed E-state index contributed by atoms with van der Waals surface area (Å²) in [7, 11) is -0.139. The summed E-state index contributed by atoms with van der Waals surface area (Å²) in [6, 6.07) is 0.